The third-order valence-corrected chi connectivity index (χ3v) is 18.7. The SMILES string of the molecule is COC(=O)C1=C(C(=O)OC)P23(OC(C)=NN2C(C)=C1)C(=[N+]=[N-])[C@@](O[Si](C)(C)C(C)(C)C)(C(C)(C)C)C(C(=O)OC)=C3C(=O)OC. The topological polar surface area (TPSA) is 176 Å². The van der Waals surface area contributed by atoms with E-state index in [1.165, 1.54) is 17.8 Å². The van der Waals surface area contributed by atoms with Gasteiger partial charge in [0.25, 0.3) is 0 Å². The van der Waals surface area contributed by atoms with Crippen LogP contribution in [0.3, 0.4) is 0 Å². The number of hydrazone groups is 1. The summed E-state index contributed by atoms with van der Waals surface area (Å²) in [5.74, 6) is -4.42. The van der Waals surface area contributed by atoms with Crippen molar-refractivity contribution in [2.24, 2.45) is 10.5 Å². The molecule has 0 bridgehead atoms. The zero-order valence-corrected chi connectivity index (χ0v) is 30.3. The second kappa shape index (κ2) is 11.0. The Bertz CT molecular complexity index is 1580. The van der Waals surface area contributed by atoms with Crippen LogP contribution in [0.4, 0.5) is 0 Å². The van der Waals surface area contributed by atoms with Crippen LogP contribution in [0.15, 0.2) is 38.6 Å². The molecule has 3 heterocycles. The van der Waals surface area contributed by atoms with Crippen molar-refractivity contribution in [2.75, 3.05) is 28.4 Å². The van der Waals surface area contributed by atoms with E-state index in [-0.39, 0.29) is 17.2 Å². The minimum atomic E-state index is -5.79. The summed E-state index contributed by atoms with van der Waals surface area (Å²) in [6, 6.07) is 0. The van der Waals surface area contributed by atoms with Crippen LogP contribution in [0.1, 0.15) is 55.4 Å². The number of hydrogen-bond donors (Lipinski definition) is 0. The first-order valence-corrected chi connectivity index (χ1v) is 19.1. The van der Waals surface area contributed by atoms with Gasteiger partial charge in [-0.15, -0.1) is 0 Å². The summed E-state index contributed by atoms with van der Waals surface area (Å²) in [5.41, 5.74) is 6.91. The first-order chi connectivity index (χ1) is 20.5. The van der Waals surface area contributed by atoms with Crippen LogP contribution in [0.5, 0.6) is 0 Å². The first-order valence-electron chi connectivity index (χ1n) is 14.1. The average Bonchev–Trinajstić information content (AvgIpc) is 3.37. The van der Waals surface area contributed by atoms with Gasteiger partial charge in [-0.1, -0.05) is 0 Å². The third kappa shape index (κ3) is 4.39. The summed E-state index contributed by atoms with van der Waals surface area (Å²) >= 11 is 0. The number of carbonyl (C=O) groups excluding carboxylic acids is 4. The van der Waals surface area contributed by atoms with Gasteiger partial charge in [0.2, 0.25) is 0 Å². The molecule has 0 aliphatic carbocycles. The number of hydrogen-bond acceptors (Lipinski definition) is 12. The number of carbonyl (C=O) groups is 4. The molecule has 0 N–H and O–H groups in total. The number of esters is 4. The summed E-state index contributed by atoms with van der Waals surface area (Å²) in [6.45, 7) is 12.0. The molecule has 0 aromatic rings. The molecule has 3 aliphatic rings. The van der Waals surface area contributed by atoms with Crippen molar-refractivity contribution in [3.8, 4) is 0 Å². The molecule has 0 fully saturated rings. The molecule has 14 nitrogen and oxygen atoms in total. The molecule has 248 valence electrons. The molecule has 3 rings (SSSR count). The van der Waals surface area contributed by atoms with E-state index >= 15 is 0 Å². The number of methoxy groups -OCH3 is 4. The number of nitrogens with zero attached hydrogens (tertiary/aromatic N) is 4. The quantitative estimate of drug-likeness (QED) is 0.0967. The molecule has 0 radical (unpaired) electrons. The van der Waals surface area contributed by atoms with E-state index < -0.39 is 76.9 Å². The van der Waals surface area contributed by atoms with Crippen molar-refractivity contribution in [1.82, 2.24) is 4.78 Å². The van der Waals surface area contributed by atoms with Gasteiger partial charge < -0.3 is 0 Å². The summed E-state index contributed by atoms with van der Waals surface area (Å²) in [5, 5.41) is 2.97. The zero-order chi connectivity index (χ0) is 34.7. The summed E-state index contributed by atoms with van der Waals surface area (Å²) in [4.78, 5) is 60.2. The van der Waals surface area contributed by atoms with E-state index in [0.717, 1.165) is 28.4 Å². The van der Waals surface area contributed by atoms with E-state index in [1.54, 1.807) is 27.7 Å². The van der Waals surface area contributed by atoms with Crippen molar-refractivity contribution >= 4 is 50.5 Å². The van der Waals surface area contributed by atoms with Crippen molar-refractivity contribution < 1.29 is 51.9 Å². The van der Waals surface area contributed by atoms with Crippen LogP contribution >= 0.6 is 6.98 Å². The Hall–Kier alpha value is -3.64. The van der Waals surface area contributed by atoms with E-state index in [9.17, 15) is 24.7 Å². The predicted octanol–water partition coefficient (Wildman–Crippen LogP) is 4.60. The Kier molecular flexibility index (Phi) is 8.77. The van der Waals surface area contributed by atoms with Crippen LogP contribution in [0.25, 0.3) is 5.53 Å². The van der Waals surface area contributed by atoms with Gasteiger partial charge in [0, 0.05) is 0 Å². The standard InChI is InChI=1S/C29H43N4O10PSi/c1-16-15-18(22(34)38-9)20(24(36)40-11)44(33(16)32-17(2)42-44)21(25(37)41-12)19(23(35)39-10)29(26(44)31-30,27(3,4)5)43-45(13,14)28(6,7)8/h15H,1-14H3/t29-/m1/s1. The molecule has 0 unspecified atom stereocenters. The van der Waals surface area contributed by atoms with E-state index in [0.29, 0.717) is 0 Å². The van der Waals surface area contributed by atoms with Crippen molar-refractivity contribution in [3.63, 3.8) is 0 Å². The predicted molar refractivity (Wildman–Crippen MR) is 168 cm³/mol. The average molecular weight is 667 g/mol. The molecule has 0 saturated heterocycles. The Labute approximate surface area is 264 Å². The summed E-state index contributed by atoms with van der Waals surface area (Å²) in [7, 11) is 1.29. The molecule has 0 saturated carbocycles. The molecular formula is C29H43N4O10PSi. The second-order valence-electron chi connectivity index (χ2n) is 13.4. The number of rotatable bonds is 6. The zero-order valence-electron chi connectivity index (χ0n) is 28.4. The van der Waals surface area contributed by atoms with Crippen molar-refractivity contribution in [1.29, 1.82) is 0 Å². The van der Waals surface area contributed by atoms with Gasteiger partial charge in [0.15, 0.2) is 0 Å². The van der Waals surface area contributed by atoms with Gasteiger partial charge in [-0.25, -0.2) is 0 Å². The van der Waals surface area contributed by atoms with Crippen LogP contribution < -0.4 is 0 Å². The minimum absolute atomic E-state index is 0.0864. The van der Waals surface area contributed by atoms with Crippen LogP contribution in [0, 0.1) is 5.41 Å². The fourth-order valence-electron chi connectivity index (χ4n) is 5.99. The Morgan fingerprint density at radius 3 is 1.80 bits per heavy atom. The molecule has 1 spiro atoms. The molecule has 45 heavy (non-hydrogen) atoms. The molecule has 16 heteroatoms. The van der Waals surface area contributed by atoms with Gasteiger partial charge in [-0.05, 0) is 0 Å². The van der Waals surface area contributed by atoms with Crippen LogP contribution in [0.2, 0.25) is 18.1 Å². The maximum absolute atomic E-state index is 14.4. The number of ether oxygens (including phenoxy) is 4. The Morgan fingerprint density at radius 1 is 0.889 bits per heavy atom. The monoisotopic (exact) mass is 666 g/mol. The van der Waals surface area contributed by atoms with E-state index in [2.05, 4.69) is 9.89 Å². The molecule has 0 aromatic carbocycles. The first kappa shape index (κ1) is 35.8. The normalized spacial score (nSPS) is 23.2. The van der Waals surface area contributed by atoms with Crippen molar-refractivity contribution in [3.05, 3.63) is 39.1 Å². The molecule has 1 atom stereocenters. The molecule has 3 aliphatic heterocycles. The van der Waals surface area contributed by atoms with Gasteiger partial charge in [-0.2, -0.15) is 0 Å². The Balaban J connectivity index is 2.97. The molecular weight excluding hydrogens is 623 g/mol. The maximum atomic E-state index is 14.4. The van der Waals surface area contributed by atoms with Gasteiger partial charge in [-0.3, -0.25) is 0 Å². The molecule has 0 aromatic heterocycles. The second-order valence-corrected chi connectivity index (χ2v) is 22.0. The van der Waals surface area contributed by atoms with Crippen molar-refractivity contribution in [2.45, 2.75) is 79.1 Å². The van der Waals surface area contributed by atoms with Crippen LogP contribution in [-0.4, -0.2) is 87.2 Å². The molecule has 0 amide bonds. The fourth-order valence-corrected chi connectivity index (χ4v) is 14.1. The van der Waals surface area contributed by atoms with E-state index in [4.69, 9.17) is 27.9 Å². The Morgan fingerprint density at radius 2 is 1.38 bits per heavy atom. The van der Waals surface area contributed by atoms with E-state index in [1.807, 2.05) is 33.9 Å². The third-order valence-electron chi connectivity index (χ3n) is 8.87. The number of allylic oxidation sites excluding steroid dienone is 1. The van der Waals surface area contributed by atoms with Gasteiger partial charge in [0.05, 0.1) is 0 Å². The van der Waals surface area contributed by atoms with Crippen LogP contribution in [-0.2, 0) is 47.1 Å². The van der Waals surface area contributed by atoms with Gasteiger partial charge >= 0.3 is 264 Å². The summed E-state index contributed by atoms with van der Waals surface area (Å²) in [6.07, 6.45) is 1.31. The summed E-state index contributed by atoms with van der Waals surface area (Å²) < 4.78 is 36.1. The van der Waals surface area contributed by atoms with Gasteiger partial charge in [0.1, 0.15) is 0 Å². The fraction of sp³-hybridized carbons (Fsp3) is 0.586.